The van der Waals surface area contributed by atoms with Crippen molar-refractivity contribution in [2.24, 2.45) is 11.8 Å². The smallest absolute Gasteiger partial charge is 0.0223 e. The summed E-state index contributed by atoms with van der Waals surface area (Å²) in [5, 5.41) is 3.78. The Morgan fingerprint density at radius 2 is 1.75 bits per heavy atom. The summed E-state index contributed by atoms with van der Waals surface area (Å²) in [7, 11) is 4.34. The highest BCUT2D eigenvalue weighted by Crippen LogP contribution is 2.18. The van der Waals surface area contributed by atoms with Crippen LogP contribution < -0.4 is 5.32 Å². The van der Waals surface area contributed by atoms with Gasteiger partial charge in [-0.2, -0.15) is 0 Å². The number of nitrogens with one attached hydrogen (secondary N) is 1. The molecule has 2 unspecified atom stereocenters. The van der Waals surface area contributed by atoms with Gasteiger partial charge in [-0.15, -0.1) is 0 Å². The molecule has 1 aliphatic heterocycles. The first kappa shape index (κ1) is 17.9. The van der Waals surface area contributed by atoms with Crippen LogP contribution in [0.1, 0.15) is 47.0 Å². The molecule has 0 spiro atoms. The molecule has 0 radical (unpaired) electrons. The maximum absolute atomic E-state index is 3.78. The standard InChI is InChI=1S/C17H37N3/c1-14(2)10-16-13-20(9-7-8-19(5)6)17(12-18-16)11-15(3)4/h14-18H,7-13H2,1-6H3. The Hall–Kier alpha value is -0.120. The van der Waals surface area contributed by atoms with Gasteiger partial charge in [-0.05, 0) is 58.3 Å². The first-order chi connectivity index (χ1) is 9.38. The van der Waals surface area contributed by atoms with Gasteiger partial charge in [-0.25, -0.2) is 0 Å². The van der Waals surface area contributed by atoms with Crippen LogP contribution >= 0.6 is 0 Å². The van der Waals surface area contributed by atoms with Gasteiger partial charge in [-0.3, -0.25) is 4.90 Å². The summed E-state index contributed by atoms with van der Waals surface area (Å²) in [6.45, 7) is 14.2. The molecule has 2 atom stereocenters. The second-order valence-corrected chi connectivity index (χ2v) is 7.67. The van der Waals surface area contributed by atoms with Crippen LogP contribution in [0, 0.1) is 11.8 Å². The quantitative estimate of drug-likeness (QED) is 0.739. The zero-order valence-electron chi connectivity index (χ0n) is 14.7. The van der Waals surface area contributed by atoms with Crippen LogP contribution in [0.5, 0.6) is 0 Å². The predicted octanol–water partition coefficient (Wildman–Crippen LogP) is 2.67. The summed E-state index contributed by atoms with van der Waals surface area (Å²) in [6, 6.07) is 1.43. The zero-order chi connectivity index (χ0) is 15.1. The Labute approximate surface area is 127 Å². The van der Waals surface area contributed by atoms with E-state index >= 15 is 0 Å². The van der Waals surface area contributed by atoms with Crippen molar-refractivity contribution in [1.82, 2.24) is 15.1 Å². The zero-order valence-corrected chi connectivity index (χ0v) is 14.7. The Bertz CT molecular complexity index is 251. The summed E-state index contributed by atoms with van der Waals surface area (Å²) in [6.07, 6.45) is 3.91. The molecule has 0 aromatic carbocycles. The van der Waals surface area contributed by atoms with Crippen LogP contribution in [0.15, 0.2) is 0 Å². The third kappa shape index (κ3) is 7.05. The SMILES string of the molecule is CC(C)CC1CN(CCCN(C)C)C(CC(C)C)CN1. The molecule has 1 heterocycles. The first-order valence-electron chi connectivity index (χ1n) is 8.50. The molecular weight excluding hydrogens is 246 g/mol. The minimum Gasteiger partial charge on any atom is -0.311 e. The molecule has 1 saturated heterocycles. The lowest BCUT2D eigenvalue weighted by molar-refractivity contribution is 0.103. The van der Waals surface area contributed by atoms with Crippen molar-refractivity contribution < 1.29 is 0 Å². The monoisotopic (exact) mass is 283 g/mol. The first-order valence-corrected chi connectivity index (χ1v) is 8.50. The van der Waals surface area contributed by atoms with Crippen molar-refractivity contribution in [2.75, 3.05) is 40.3 Å². The lowest BCUT2D eigenvalue weighted by Crippen LogP contribution is -2.57. The molecule has 0 aromatic heterocycles. The van der Waals surface area contributed by atoms with Crippen LogP contribution in [0.4, 0.5) is 0 Å². The molecule has 120 valence electrons. The van der Waals surface area contributed by atoms with Gasteiger partial charge in [0.25, 0.3) is 0 Å². The van der Waals surface area contributed by atoms with Gasteiger partial charge in [0.2, 0.25) is 0 Å². The highest BCUT2D eigenvalue weighted by Gasteiger charge is 2.28. The molecule has 0 aromatic rings. The molecule has 20 heavy (non-hydrogen) atoms. The Morgan fingerprint density at radius 3 is 2.30 bits per heavy atom. The van der Waals surface area contributed by atoms with Gasteiger partial charge in [-0.1, -0.05) is 27.7 Å². The van der Waals surface area contributed by atoms with E-state index in [-0.39, 0.29) is 0 Å². The van der Waals surface area contributed by atoms with E-state index in [1.54, 1.807) is 0 Å². The largest absolute Gasteiger partial charge is 0.311 e. The number of nitrogens with zero attached hydrogens (tertiary/aromatic N) is 2. The van der Waals surface area contributed by atoms with E-state index in [1.807, 2.05) is 0 Å². The highest BCUT2D eigenvalue weighted by atomic mass is 15.2. The van der Waals surface area contributed by atoms with E-state index in [0.717, 1.165) is 17.9 Å². The maximum Gasteiger partial charge on any atom is 0.0223 e. The van der Waals surface area contributed by atoms with Gasteiger partial charge < -0.3 is 10.2 Å². The summed E-state index contributed by atoms with van der Waals surface area (Å²) in [5.74, 6) is 1.58. The van der Waals surface area contributed by atoms with Crippen molar-refractivity contribution in [2.45, 2.75) is 59.0 Å². The Morgan fingerprint density at radius 1 is 1.10 bits per heavy atom. The van der Waals surface area contributed by atoms with E-state index in [1.165, 1.54) is 45.4 Å². The van der Waals surface area contributed by atoms with Crippen LogP contribution in [0.2, 0.25) is 0 Å². The second kappa shape index (κ2) is 9.01. The summed E-state index contributed by atoms with van der Waals surface area (Å²) >= 11 is 0. The molecule has 0 bridgehead atoms. The molecule has 3 nitrogen and oxygen atoms in total. The molecule has 1 rings (SSSR count). The number of hydrogen-bond donors (Lipinski definition) is 1. The van der Waals surface area contributed by atoms with Crippen LogP contribution in [0.3, 0.4) is 0 Å². The third-order valence-electron chi connectivity index (χ3n) is 4.16. The summed E-state index contributed by atoms with van der Waals surface area (Å²) in [4.78, 5) is 5.05. The molecular formula is C17H37N3. The van der Waals surface area contributed by atoms with E-state index in [2.05, 4.69) is 56.9 Å². The molecule has 1 N–H and O–H groups in total. The summed E-state index contributed by atoms with van der Waals surface area (Å²) < 4.78 is 0. The number of hydrogen-bond acceptors (Lipinski definition) is 3. The second-order valence-electron chi connectivity index (χ2n) is 7.67. The lowest BCUT2D eigenvalue weighted by Gasteiger charge is -2.42. The average Bonchev–Trinajstić information content (AvgIpc) is 2.30. The van der Waals surface area contributed by atoms with Gasteiger partial charge in [0.1, 0.15) is 0 Å². The molecule has 1 aliphatic rings. The molecule has 0 saturated carbocycles. The summed E-state index contributed by atoms with van der Waals surface area (Å²) in [5.41, 5.74) is 0. The molecule has 3 heteroatoms. The molecule has 0 amide bonds. The van der Waals surface area contributed by atoms with E-state index < -0.39 is 0 Å². The fourth-order valence-corrected chi connectivity index (χ4v) is 3.30. The minimum atomic E-state index is 0.692. The fourth-order valence-electron chi connectivity index (χ4n) is 3.30. The molecule has 0 aliphatic carbocycles. The van der Waals surface area contributed by atoms with Gasteiger partial charge in [0, 0.05) is 25.2 Å². The lowest BCUT2D eigenvalue weighted by atomic mass is 9.95. The van der Waals surface area contributed by atoms with Crippen molar-refractivity contribution >= 4 is 0 Å². The Kier molecular flexibility index (Phi) is 8.08. The third-order valence-corrected chi connectivity index (χ3v) is 4.16. The van der Waals surface area contributed by atoms with Crippen LogP contribution in [-0.2, 0) is 0 Å². The van der Waals surface area contributed by atoms with E-state index in [0.29, 0.717) is 6.04 Å². The van der Waals surface area contributed by atoms with Crippen molar-refractivity contribution in [3.8, 4) is 0 Å². The topological polar surface area (TPSA) is 18.5 Å². The molecule has 1 fully saturated rings. The van der Waals surface area contributed by atoms with Crippen LogP contribution in [0.25, 0.3) is 0 Å². The normalized spacial score (nSPS) is 25.1. The van der Waals surface area contributed by atoms with Crippen molar-refractivity contribution in [3.05, 3.63) is 0 Å². The van der Waals surface area contributed by atoms with Gasteiger partial charge in [0.15, 0.2) is 0 Å². The number of rotatable bonds is 8. The predicted molar refractivity (Wildman–Crippen MR) is 89.2 cm³/mol. The highest BCUT2D eigenvalue weighted by molar-refractivity contribution is 4.87. The van der Waals surface area contributed by atoms with E-state index in [4.69, 9.17) is 0 Å². The average molecular weight is 284 g/mol. The van der Waals surface area contributed by atoms with Gasteiger partial charge in [0.05, 0.1) is 0 Å². The maximum atomic E-state index is 3.78. The van der Waals surface area contributed by atoms with E-state index in [9.17, 15) is 0 Å². The van der Waals surface area contributed by atoms with Crippen molar-refractivity contribution in [3.63, 3.8) is 0 Å². The van der Waals surface area contributed by atoms with Crippen molar-refractivity contribution in [1.29, 1.82) is 0 Å². The van der Waals surface area contributed by atoms with Gasteiger partial charge >= 0.3 is 0 Å². The fraction of sp³-hybridized carbons (Fsp3) is 1.00. The minimum absolute atomic E-state index is 0.692. The van der Waals surface area contributed by atoms with Crippen LogP contribution in [-0.4, -0.2) is 62.2 Å². The Balaban J connectivity index is 2.48. The number of piperazine rings is 1.